The van der Waals surface area contributed by atoms with Crippen LogP contribution in [0.1, 0.15) is 112 Å². The summed E-state index contributed by atoms with van der Waals surface area (Å²) in [5.41, 5.74) is 10.9. The number of primary amides is 1. The molecule has 88 heavy (non-hydrogen) atoms. The Bertz CT molecular complexity index is 3740. The van der Waals surface area contributed by atoms with E-state index in [9.17, 15) is 52.7 Å². The maximum absolute atomic E-state index is 14.5. The number of nitrogens with one attached hydrogen (secondary N) is 3. The van der Waals surface area contributed by atoms with E-state index in [2.05, 4.69) is 20.5 Å². The highest BCUT2D eigenvalue weighted by molar-refractivity contribution is 6.19. The van der Waals surface area contributed by atoms with Crippen LogP contribution in [0, 0.1) is 11.8 Å². The number of anilines is 1. The van der Waals surface area contributed by atoms with Crippen molar-refractivity contribution in [3.63, 3.8) is 0 Å². The number of hydrogen-bond donors (Lipinski definition) is 4. The number of piperazine rings is 1. The Morgan fingerprint density at radius 3 is 1.95 bits per heavy atom. The second-order valence-corrected chi connectivity index (χ2v) is 23.7. The molecule has 5 N–H and O–H groups in total. The third-order valence-corrected chi connectivity index (χ3v) is 16.7. The molecule has 3 aliphatic rings. The van der Waals surface area contributed by atoms with Gasteiger partial charge < -0.3 is 40.8 Å². The third kappa shape index (κ3) is 15.3. The van der Waals surface area contributed by atoms with Gasteiger partial charge in [-0.25, -0.2) is 4.79 Å². The number of ketones is 4. The number of aromatic nitrogens is 1. The van der Waals surface area contributed by atoms with Crippen LogP contribution < -0.4 is 26.0 Å². The molecule has 458 valence electrons. The number of hydrogen-bond acceptors (Lipinski definition) is 13. The number of carbonyl (C=O) groups is 11. The number of halogens is 1. The minimum absolute atomic E-state index is 0.0248. The van der Waals surface area contributed by atoms with Gasteiger partial charge in [-0.05, 0) is 78.6 Å². The number of nitrogens with two attached hydrogens (primary N) is 1. The molecule has 7 amide bonds. The summed E-state index contributed by atoms with van der Waals surface area (Å²) >= 11 is 6.57. The molecule has 5 aromatic carbocycles. The van der Waals surface area contributed by atoms with E-state index in [0.29, 0.717) is 64.5 Å². The average Bonchev–Trinajstić information content (AvgIpc) is 1.65. The van der Waals surface area contributed by atoms with Crippen molar-refractivity contribution in [2.24, 2.45) is 17.6 Å². The maximum Gasteiger partial charge on any atom is 0.415 e. The Kier molecular flexibility index (Phi) is 20.3. The molecule has 1 fully saturated rings. The first-order chi connectivity index (χ1) is 42.1. The predicted molar refractivity (Wildman–Crippen MR) is 331 cm³/mol. The Balaban J connectivity index is 0.770. The Hall–Kier alpha value is -9.14. The summed E-state index contributed by atoms with van der Waals surface area (Å²) in [7, 11) is 2.01. The minimum atomic E-state index is -1.23. The molecule has 9 rings (SSSR count). The minimum Gasteiger partial charge on any atom is -0.409 e. The Morgan fingerprint density at radius 1 is 0.716 bits per heavy atom. The topological polar surface area (TPSA) is 276 Å². The number of amides is 7. The number of benzene rings is 5. The zero-order chi connectivity index (χ0) is 62.9. The van der Waals surface area contributed by atoms with Crippen molar-refractivity contribution in [3.8, 4) is 5.75 Å². The first-order valence-electron chi connectivity index (χ1n) is 29.5. The number of imide groups is 1. The highest BCUT2D eigenvalue weighted by Crippen LogP contribution is 2.46. The van der Waals surface area contributed by atoms with Crippen LogP contribution in [0.5, 0.6) is 5.75 Å². The van der Waals surface area contributed by atoms with E-state index >= 15 is 0 Å². The summed E-state index contributed by atoms with van der Waals surface area (Å²) in [5.74, 6) is -5.32. The fourth-order valence-electron chi connectivity index (χ4n) is 11.4. The number of carbonyl (C=O) groups excluding carboxylic acids is 11. The molecule has 6 aromatic rings. The van der Waals surface area contributed by atoms with Crippen LogP contribution in [-0.4, -0.2) is 149 Å². The third-order valence-electron chi connectivity index (χ3n) is 16.3. The molecule has 4 heterocycles. The van der Waals surface area contributed by atoms with Crippen LogP contribution in [0.25, 0.3) is 21.7 Å². The molecule has 1 saturated heterocycles. The molecular weight excluding hydrogens is 1140 g/mol. The zero-order valence-electron chi connectivity index (χ0n) is 49.6. The van der Waals surface area contributed by atoms with Gasteiger partial charge in [0.15, 0.2) is 23.1 Å². The summed E-state index contributed by atoms with van der Waals surface area (Å²) in [6, 6.07) is 28.1. The van der Waals surface area contributed by atoms with Crippen molar-refractivity contribution >= 4 is 104 Å². The molecule has 20 nitrogen and oxygen atoms in total. The fourth-order valence-corrected chi connectivity index (χ4v) is 11.7. The normalized spacial score (nSPS) is 16.0. The summed E-state index contributed by atoms with van der Waals surface area (Å²) < 4.78 is 6.07. The van der Waals surface area contributed by atoms with E-state index in [1.165, 1.54) is 6.92 Å². The van der Waals surface area contributed by atoms with Gasteiger partial charge in [-0.2, -0.15) is 0 Å². The molecule has 0 spiro atoms. The fraction of sp³-hybridized carbons (Fsp3) is 0.358. The van der Waals surface area contributed by atoms with E-state index in [1.807, 2.05) is 63.4 Å². The largest absolute Gasteiger partial charge is 0.415 e. The molecular formula is C67H71ClN8O12. The summed E-state index contributed by atoms with van der Waals surface area (Å²) in [5, 5.41) is 7.65. The van der Waals surface area contributed by atoms with Crippen LogP contribution in [0.2, 0.25) is 0 Å². The number of likely N-dealkylation sites (N-methyl/N-ethyl adjacent to an activating group) is 1. The number of ether oxygens (including phenoxy) is 1. The summed E-state index contributed by atoms with van der Waals surface area (Å²) in [6.07, 6.45) is 1.27. The quantitative estimate of drug-likeness (QED) is 0.0238. The van der Waals surface area contributed by atoms with Crippen molar-refractivity contribution in [1.82, 2.24) is 30.3 Å². The van der Waals surface area contributed by atoms with Gasteiger partial charge in [0.1, 0.15) is 11.4 Å². The highest BCUT2D eigenvalue weighted by atomic mass is 35.5. The smallest absolute Gasteiger partial charge is 0.409 e. The molecule has 0 aliphatic carbocycles. The van der Waals surface area contributed by atoms with E-state index in [1.54, 1.807) is 70.5 Å². The molecule has 0 saturated carbocycles. The van der Waals surface area contributed by atoms with E-state index in [4.69, 9.17) is 22.1 Å². The number of aromatic amines is 1. The number of nitrogens with zero attached hydrogens (tertiary/aromatic N) is 4. The van der Waals surface area contributed by atoms with Crippen molar-refractivity contribution in [2.75, 3.05) is 57.1 Å². The van der Waals surface area contributed by atoms with Crippen molar-refractivity contribution < 1.29 is 57.5 Å². The van der Waals surface area contributed by atoms with E-state index < -0.39 is 72.3 Å². The van der Waals surface area contributed by atoms with Crippen LogP contribution in [0.3, 0.4) is 0 Å². The van der Waals surface area contributed by atoms with Crippen LogP contribution in [0.15, 0.2) is 115 Å². The van der Waals surface area contributed by atoms with Crippen molar-refractivity contribution in [1.29, 1.82) is 0 Å². The number of fused-ring (bicyclic) bond motifs is 4. The van der Waals surface area contributed by atoms with Crippen molar-refractivity contribution in [3.05, 3.63) is 154 Å². The van der Waals surface area contributed by atoms with Crippen LogP contribution >= 0.6 is 11.6 Å². The molecule has 0 bridgehead atoms. The first kappa shape index (κ1) is 63.4. The first-order valence-corrected chi connectivity index (χ1v) is 30.1. The van der Waals surface area contributed by atoms with Gasteiger partial charge in [0, 0.05) is 135 Å². The van der Waals surface area contributed by atoms with Gasteiger partial charge in [0.05, 0.1) is 23.7 Å². The molecule has 1 aromatic heterocycles. The van der Waals surface area contributed by atoms with Gasteiger partial charge in [-0.3, -0.25) is 52.8 Å². The van der Waals surface area contributed by atoms with E-state index in [0.717, 1.165) is 57.4 Å². The number of Topliss-reactive ketones (excluding diaryl/α,β-unsaturated/α-hetero) is 4. The Labute approximate surface area is 514 Å². The number of alkyl halides is 1. The standard InChI is InChI=1S/C67H71ClN8O12/c1-39(2)28-52(72-65(85)47(35-60(69)81)34-55(77)40(3)70-61(82)10-7-23-75-62(83)21-22-63(75)84)58(80)31-42-13-18-44(19-14-42)56(78)30-41-11-16-45(17-12-41)57(79)32-43-15-20-51-46(29-43)33-53(71-51)66(86)76-38-48(37-68)64-50-9-6-5-8-49(50)59(36-54(64)76)88-67(87)74-26-24-73(4)25-27-74/h5-6,8-9,11-22,29,33,36,39-40,47-48,52,71H,7,10,23-28,30-32,34-35,37-38H2,1-4H3,(H2,69,81)(H,70,82)(H,72,85)/t40-,47-,48+,52-/m0/s1. The summed E-state index contributed by atoms with van der Waals surface area (Å²) in [4.78, 5) is 154. The molecule has 3 aliphatic heterocycles. The predicted octanol–water partition coefficient (Wildman–Crippen LogP) is 7.20. The van der Waals surface area contributed by atoms with Gasteiger partial charge in [-0.15, -0.1) is 11.6 Å². The zero-order valence-corrected chi connectivity index (χ0v) is 50.4. The van der Waals surface area contributed by atoms with Gasteiger partial charge in [0.2, 0.25) is 17.7 Å². The van der Waals surface area contributed by atoms with Crippen LogP contribution in [0.4, 0.5) is 10.5 Å². The van der Waals surface area contributed by atoms with Crippen LogP contribution in [-0.2, 0) is 52.8 Å². The lowest BCUT2D eigenvalue weighted by atomic mass is 9.92. The second kappa shape index (κ2) is 28.1. The second-order valence-electron chi connectivity index (χ2n) is 23.4. The molecule has 21 heteroatoms. The lowest BCUT2D eigenvalue weighted by Crippen LogP contribution is -2.48. The number of rotatable bonds is 26. The monoisotopic (exact) mass is 1210 g/mol. The van der Waals surface area contributed by atoms with Gasteiger partial charge >= 0.3 is 6.09 Å². The molecule has 0 radical (unpaired) electrons. The lowest BCUT2D eigenvalue weighted by molar-refractivity contribution is -0.137. The SMILES string of the molecule is CC(C)C[C@H](NC(=O)[C@H](CC(N)=O)CC(=O)[C@H](C)NC(=O)CCCN1C(=O)C=CC1=O)C(=O)Cc1ccc(C(=O)Cc2ccc(C(=O)Cc3ccc4[nH]c(C(=O)N5C[C@@H](CCl)c6c5cc(OC(=O)N5CCN(C)CC5)c5ccccc65)cc4c3)cc2)cc1. The maximum atomic E-state index is 14.5. The Morgan fingerprint density at radius 2 is 1.33 bits per heavy atom. The highest BCUT2D eigenvalue weighted by Gasteiger charge is 2.37. The average molecular weight is 1220 g/mol. The summed E-state index contributed by atoms with van der Waals surface area (Å²) in [6.45, 7) is 8.11. The van der Waals surface area contributed by atoms with Gasteiger partial charge in [-0.1, -0.05) is 92.7 Å². The molecule has 0 unspecified atom stereocenters. The van der Waals surface area contributed by atoms with E-state index in [-0.39, 0.29) is 86.0 Å². The lowest BCUT2D eigenvalue weighted by Gasteiger charge is -2.31. The number of H-pyrrole nitrogens is 1. The van der Waals surface area contributed by atoms with Crippen molar-refractivity contribution in [2.45, 2.75) is 90.1 Å². The van der Waals surface area contributed by atoms with Gasteiger partial charge in [0.25, 0.3) is 17.7 Å². The molecule has 4 atom stereocenters.